The average molecular weight is 259 g/mol. The number of nitrogens with one attached hydrogen (secondary N) is 1. The van der Waals surface area contributed by atoms with Crippen molar-refractivity contribution in [1.29, 1.82) is 0 Å². The molecule has 0 radical (unpaired) electrons. The summed E-state index contributed by atoms with van der Waals surface area (Å²) in [5, 5.41) is 7.94. The van der Waals surface area contributed by atoms with Crippen molar-refractivity contribution in [2.45, 2.75) is 18.8 Å². The molecule has 0 saturated carbocycles. The SMILES string of the molecule is Cn1nc(-c2ccc(F)cc2)cc1C1CCNCC1. The largest absolute Gasteiger partial charge is 0.317 e. The van der Waals surface area contributed by atoms with Crippen LogP contribution in [0.5, 0.6) is 0 Å². The third-order valence-electron chi connectivity index (χ3n) is 3.81. The lowest BCUT2D eigenvalue weighted by Crippen LogP contribution is -2.27. The number of aromatic nitrogens is 2. The van der Waals surface area contributed by atoms with Gasteiger partial charge in [0.25, 0.3) is 0 Å². The first-order valence-electron chi connectivity index (χ1n) is 6.74. The number of piperidine rings is 1. The number of benzene rings is 1. The third-order valence-corrected chi connectivity index (χ3v) is 3.81. The van der Waals surface area contributed by atoms with Crippen LogP contribution in [0.25, 0.3) is 11.3 Å². The quantitative estimate of drug-likeness (QED) is 0.898. The van der Waals surface area contributed by atoms with E-state index in [0.29, 0.717) is 5.92 Å². The summed E-state index contributed by atoms with van der Waals surface area (Å²) in [6.45, 7) is 2.14. The summed E-state index contributed by atoms with van der Waals surface area (Å²) in [4.78, 5) is 0. The van der Waals surface area contributed by atoms with Gasteiger partial charge in [-0.25, -0.2) is 4.39 Å². The van der Waals surface area contributed by atoms with Gasteiger partial charge in [-0.15, -0.1) is 0 Å². The Morgan fingerprint density at radius 2 is 1.89 bits per heavy atom. The normalized spacial score (nSPS) is 16.7. The minimum absolute atomic E-state index is 0.210. The van der Waals surface area contributed by atoms with Crippen LogP contribution in [0.3, 0.4) is 0 Å². The first kappa shape index (κ1) is 12.4. The molecule has 2 aromatic rings. The Morgan fingerprint density at radius 1 is 1.21 bits per heavy atom. The molecular formula is C15H18FN3. The molecule has 0 amide bonds. The molecular weight excluding hydrogens is 241 g/mol. The highest BCUT2D eigenvalue weighted by molar-refractivity contribution is 5.59. The highest BCUT2D eigenvalue weighted by atomic mass is 19.1. The molecule has 1 aromatic heterocycles. The maximum absolute atomic E-state index is 12.9. The van der Waals surface area contributed by atoms with Gasteiger partial charge in [0.15, 0.2) is 0 Å². The second kappa shape index (κ2) is 5.13. The monoisotopic (exact) mass is 259 g/mol. The Labute approximate surface area is 112 Å². The van der Waals surface area contributed by atoms with Crippen LogP contribution in [0.1, 0.15) is 24.5 Å². The maximum Gasteiger partial charge on any atom is 0.123 e. The zero-order valence-corrected chi connectivity index (χ0v) is 11.1. The van der Waals surface area contributed by atoms with Gasteiger partial charge in [-0.2, -0.15) is 5.10 Å². The molecule has 0 spiro atoms. The van der Waals surface area contributed by atoms with Gasteiger partial charge in [0, 0.05) is 24.2 Å². The highest BCUT2D eigenvalue weighted by Crippen LogP contribution is 2.28. The van der Waals surface area contributed by atoms with Crippen LogP contribution in [0, 0.1) is 5.82 Å². The van der Waals surface area contributed by atoms with Crippen molar-refractivity contribution >= 4 is 0 Å². The highest BCUT2D eigenvalue weighted by Gasteiger charge is 2.19. The molecule has 0 unspecified atom stereocenters. The molecule has 0 atom stereocenters. The predicted octanol–water partition coefficient (Wildman–Crippen LogP) is 2.69. The second-order valence-corrected chi connectivity index (χ2v) is 5.11. The van der Waals surface area contributed by atoms with Crippen LogP contribution in [0.15, 0.2) is 30.3 Å². The fourth-order valence-corrected chi connectivity index (χ4v) is 2.74. The number of hydrogen-bond acceptors (Lipinski definition) is 2. The summed E-state index contributed by atoms with van der Waals surface area (Å²) < 4.78 is 14.9. The molecule has 2 heterocycles. The Balaban J connectivity index is 1.90. The Hall–Kier alpha value is -1.68. The molecule has 100 valence electrons. The van der Waals surface area contributed by atoms with Gasteiger partial charge in [0.05, 0.1) is 5.69 Å². The maximum atomic E-state index is 12.9. The van der Waals surface area contributed by atoms with E-state index in [0.717, 1.165) is 37.2 Å². The fourth-order valence-electron chi connectivity index (χ4n) is 2.74. The Kier molecular flexibility index (Phi) is 3.34. The van der Waals surface area contributed by atoms with Crippen LogP contribution in [-0.4, -0.2) is 22.9 Å². The van der Waals surface area contributed by atoms with Crippen molar-refractivity contribution in [3.05, 3.63) is 41.8 Å². The minimum atomic E-state index is -0.210. The fraction of sp³-hybridized carbons (Fsp3) is 0.400. The van der Waals surface area contributed by atoms with Crippen LogP contribution in [0.2, 0.25) is 0 Å². The van der Waals surface area contributed by atoms with E-state index >= 15 is 0 Å². The number of aryl methyl sites for hydroxylation is 1. The lowest BCUT2D eigenvalue weighted by atomic mass is 9.94. The third kappa shape index (κ3) is 2.54. The summed E-state index contributed by atoms with van der Waals surface area (Å²) >= 11 is 0. The van der Waals surface area contributed by atoms with Gasteiger partial charge in [0.2, 0.25) is 0 Å². The van der Waals surface area contributed by atoms with E-state index in [4.69, 9.17) is 0 Å². The van der Waals surface area contributed by atoms with Crippen LogP contribution >= 0.6 is 0 Å². The van der Waals surface area contributed by atoms with E-state index in [2.05, 4.69) is 16.5 Å². The first-order valence-corrected chi connectivity index (χ1v) is 6.74. The molecule has 1 saturated heterocycles. The molecule has 1 fully saturated rings. The lowest BCUT2D eigenvalue weighted by Gasteiger charge is -2.22. The zero-order valence-electron chi connectivity index (χ0n) is 11.1. The van der Waals surface area contributed by atoms with Crippen molar-refractivity contribution in [2.24, 2.45) is 7.05 Å². The molecule has 0 aliphatic carbocycles. The van der Waals surface area contributed by atoms with Crippen molar-refractivity contribution in [3.8, 4) is 11.3 Å². The molecule has 1 N–H and O–H groups in total. The lowest BCUT2D eigenvalue weighted by molar-refractivity contribution is 0.440. The molecule has 4 heteroatoms. The van der Waals surface area contributed by atoms with Crippen molar-refractivity contribution in [2.75, 3.05) is 13.1 Å². The van der Waals surface area contributed by atoms with Crippen LogP contribution in [0.4, 0.5) is 4.39 Å². The molecule has 1 aliphatic heterocycles. The summed E-state index contributed by atoms with van der Waals surface area (Å²) in [5.74, 6) is 0.367. The molecule has 0 bridgehead atoms. The number of nitrogens with zero attached hydrogens (tertiary/aromatic N) is 2. The summed E-state index contributed by atoms with van der Waals surface area (Å²) in [5.41, 5.74) is 3.18. The van der Waals surface area contributed by atoms with E-state index in [1.54, 1.807) is 12.1 Å². The van der Waals surface area contributed by atoms with Crippen molar-refractivity contribution < 1.29 is 4.39 Å². The van der Waals surface area contributed by atoms with Crippen molar-refractivity contribution in [3.63, 3.8) is 0 Å². The van der Waals surface area contributed by atoms with Gasteiger partial charge in [-0.3, -0.25) is 4.68 Å². The molecule has 3 rings (SSSR count). The van der Waals surface area contributed by atoms with E-state index in [1.165, 1.54) is 17.8 Å². The van der Waals surface area contributed by atoms with Gasteiger partial charge in [0.1, 0.15) is 5.82 Å². The van der Waals surface area contributed by atoms with Gasteiger partial charge in [-0.05, 0) is 56.3 Å². The Morgan fingerprint density at radius 3 is 2.58 bits per heavy atom. The van der Waals surface area contributed by atoms with Crippen molar-refractivity contribution in [1.82, 2.24) is 15.1 Å². The zero-order chi connectivity index (χ0) is 13.2. The second-order valence-electron chi connectivity index (χ2n) is 5.11. The van der Waals surface area contributed by atoms with E-state index in [1.807, 2.05) is 11.7 Å². The molecule has 1 aliphatic rings. The summed E-state index contributed by atoms with van der Waals surface area (Å²) in [7, 11) is 1.99. The molecule has 1 aromatic carbocycles. The Bertz CT molecular complexity index is 553. The predicted molar refractivity (Wildman–Crippen MR) is 73.4 cm³/mol. The summed E-state index contributed by atoms with van der Waals surface area (Å²) in [6, 6.07) is 8.67. The van der Waals surface area contributed by atoms with E-state index < -0.39 is 0 Å². The van der Waals surface area contributed by atoms with Crippen LogP contribution < -0.4 is 5.32 Å². The van der Waals surface area contributed by atoms with Gasteiger partial charge < -0.3 is 5.32 Å². The van der Waals surface area contributed by atoms with Crippen LogP contribution in [-0.2, 0) is 7.05 Å². The molecule has 19 heavy (non-hydrogen) atoms. The summed E-state index contributed by atoms with van der Waals surface area (Å²) in [6.07, 6.45) is 2.31. The average Bonchev–Trinajstić information content (AvgIpc) is 2.83. The minimum Gasteiger partial charge on any atom is -0.317 e. The number of rotatable bonds is 2. The van der Waals surface area contributed by atoms with E-state index in [9.17, 15) is 4.39 Å². The smallest absolute Gasteiger partial charge is 0.123 e. The van der Waals surface area contributed by atoms with E-state index in [-0.39, 0.29) is 5.82 Å². The number of hydrogen-bond donors (Lipinski definition) is 1. The topological polar surface area (TPSA) is 29.9 Å². The standard InChI is InChI=1S/C15H18FN3/c1-19-15(12-6-8-17-9-7-12)10-14(18-19)11-2-4-13(16)5-3-11/h2-5,10,12,17H,6-9H2,1H3. The number of halogens is 1. The first-order chi connectivity index (χ1) is 9.24. The van der Waals surface area contributed by atoms with Gasteiger partial charge in [-0.1, -0.05) is 0 Å². The molecule has 3 nitrogen and oxygen atoms in total. The van der Waals surface area contributed by atoms with Gasteiger partial charge >= 0.3 is 0 Å².